The number of hydrogen-bond acceptors (Lipinski definition) is 2. The molecule has 0 aliphatic heterocycles. The molecule has 4 nitrogen and oxygen atoms in total. The van der Waals surface area contributed by atoms with Gasteiger partial charge in [-0.25, -0.2) is 4.99 Å². The molecule has 0 heterocycles. The van der Waals surface area contributed by atoms with Crippen molar-refractivity contribution in [1.29, 1.82) is 5.41 Å². The van der Waals surface area contributed by atoms with Crippen LogP contribution in [0.3, 0.4) is 0 Å². The van der Waals surface area contributed by atoms with E-state index in [1.165, 1.54) is 7.05 Å². The second kappa shape index (κ2) is 3.99. The lowest BCUT2D eigenvalue weighted by Crippen LogP contribution is -2.22. The normalized spacial score (nSPS) is 11.7. The third-order valence-corrected chi connectivity index (χ3v) is 1.27. The van der Waals surface area contributed by atoms with Crippen molar-refractivity contribution in [3.63, 3.8) is 0 Å². The van der Waals surface area contributed by atoms with Crippen LogP contribution < -0.4 is 5.32 Å². The molecule has 0 radical (unpaired) electrons. The summed E-state index contributed by atoms with van der Waals surface area (Å²) >= 11 is 0. The molecule has 0 saturated carbocycles. The first-order valence-corrected chi connectivity index (χ1v) is 3.72. The molecule has 0 saturated heterocycles. The van der Waals surface area contributed by atoms with Crippen molar-refractivity contribution in [2.45, 2.75) is 20.8 Å². The van der Waals surface area contributed by atoms with E-state index in [0.29, 0.717) is 0 Å². The SMILES string of the molecule is CNC(=O)C=NC(=N)C(C)(C)C. The molecular weight excluding hydrogens is 154 g/mol. The Morgan fingerprint density at radius 1 is 1.50 bits per heavy atom. The van der Waals surface area contributed by atoms with Gasteiger partial charge in [-0.15, -0.1) is 0 Å². The summed E-state index contributed by atoms with van der Waals surface area (Å²) in [5, 5.41) is 9.82. The fourth-order valence-electron chi connectivity index (χ4n) is 0.381. The molecule has 0 bridgehead atoms. The van der Waals surface area contributed by atoms with E-state index in [2.05, 4.69) is 10.3 Å². The van der Waals surface area contributed by atoms with Crippen LogP contribution in [-0.4, -0.2) is 25.0 Å². The maximum absolute atomic E-state index is 10.7. The van der Waals surface area contributed by atoms with Crippen molar-refractivity contribution in [2.75, 3.05) is 7.05 Å². The van der Waals surface area contributed by atoms with Crippen LogP contribution in [-0.2, 0) is 4.79 Å². The zero-order chi connectivity index (χ0) is 9.78. The van der Waals surface area contributed by atoms with Crippen LogP contribution in [0.4, 0.5) is 0 Å². The Kier molecular flexibility index (Phi) is 3.60. The van der Waals surface area contributed by atoms with Crippen LogP contribution in [0.2, 0.25) is 0 Å². The first-order chi connectivity index (χ1) is 5.38. The summed E-state index contributed by atoms with van der Waals surface area (Å²) in [4.78, 5) is 14.4. The Labute approximate surface area is 72.6 Å². The van der Waals surface area contributed by atoms with E-state index in [9.17, 15) is 4.79 Å². The quantitative estimate of drug-likeness (QED) is 0.443. The fourth-order valence-corrected chi connectivity index (χ4v) is 0.381. The molecule has 0 fully saturated rings. The summed E-state index contributed by atoms with van der Waals surface area (Å²) in [5.74, 6) is -0.0879. The van der Waals surface area contributed by atoms with Crippen molar-refractivity contribution >= 4 is 18.0 Å². The molecule has 68 valence electrons. The predicted molar refractivity (Wildman–Crippen MR) is 49.7 cm³/mol. The molecule has 0 aromatic rings. The van der Waals surface area contributed by atoms with Gasteiger partial charge in [-0.1, -0.05) is 20.8 Å². The summed E-state index contributed by atoms with van der Waals surface area (Å²) in [6, 6.07) is 0. The Balaban J connectivity index is 4.19. The van der Waals surface area contributed by atoms with E-state index >= 15 is 0 Å². The van der Waals surface area contributed by atoms with Crippen LogP contribution in [0.15, 0.2) is 4.99 Å². The highest BCUT2D eigenvalue weighted by molar-refractivity contribution is 6.28. The number of hydrogen-bond donors (Lipinski definition) is 2. The molecule has 0 aliphatic carbocycles. The van der Waals surface area contributed by atoms with Gasteiger partial charge >= 0.3 is 0 Å². The molecule has 0 spiro atoms. The largest absolute Gasteiger partial charge is 0.354 e. The van der Waals surface area contributed by atoms with E-state index in [-0.39, 0.29) is 17.2 Å². The van der Waals surface area contributed by atoms with Gasteiger partial charge < -0.3 is 5.32 Å². The van der Waals surface area contributed by atoms with Crippen LogP contribution in [0, 0.1) is 10.8 Å². The standard InChI is InChI=1S/C8H15N3O/c1-8(2,3)7(9)11-5-6(12)10-4/h5,9H,1-4H3,(H,10,12). The van der Waals surface area contributed by atoms with Crippen LogP contribution >= 0.6 is 0 Å². The summed E-state index contributed by atoms with van der Waals surface area (Å²) in [6.45, 7) is 5.61. The molecular formula is C8H15N3O. The summed E-state index contributed by atoms with van der Waals surface area (Å²) in [6.07, 6.45) is 1.12. The third kappa shape index (κ3) is 3.85. The topological polar surface area (TPSA) is 65.3 Å². The Bertz CT molecular complexity index is 213. The van der Waals surface area contributed by atoms with Crippen molar-refractivity contribution < 1.29 is 4.79 Å². The van der Waals surface area contributed by atoms with Gasteiger partial charge in [-0.2, -0.15) is 0 Å². The van der Waals surface area contributed by atoms with Gasteiger partial charge in [0, 0.05) is 12.5 Å². The van der Waals surface area contributed by atoms with Crippen LogP contribution in [0.5, 0.6) is 0 Å². The van der Waals surface area contributed by atoms with Gasteiger partial charge in [0.25, 0.3) is 5.91 Å². The Hall–Kier alpha value is -1.19. The molecule has 0 unspecified atom stereocenters. The van der Waals surface area contributed by atoms with Crippen LogP contribution in [0.1, 0.15) is 20.8 Å². The number of amides is 1. The van der Waals surface area contributed by atoms with Crippen molar-refractivity contribution in [1.82, 2.24) is 5.32 Å². The number of nitrogens with one attached hydrogen (secondary N) is 2. The molecule has 0 rings (SSSR count). The minimum atomic E-state index is -0.301. The van der Waals surface area contributed by atoms with E-state index in [4.69, 9.17) is 5.41 Å². The van der Waals surface area contributed by atoms with Crippen molar-refractivity contribution in [3.05, 3.63) is 0 Å². The minimum Gasteiger partial charge on any atom is -0.354 e. The Morgan fingerprint density at radius 2 is 2.00 bits per heavy atom. The molecule has 0 aromatic carbocycles. The molecule has 4 heteroatoms. The van der Waals surface area contributed by atoms with Crippen molar-refractivity contribution in [2.24, 2.45) is 10.4 Å². The lowest BCUT2D eigenvalue weighted by atomic mass is 9.95. The van der Waals surface area contributed by atoms with E-state index in [1.807, 2.05) is 20.8 Å². The Morgan fingerprint density at radius 3 is 2.33 bits per heavy atom. The van der Waals surface area contributed by atoms with Gasteiger partial charge in [-0.05, 0) is 0 Å². The van der Waals surface area contributed by atoms with E-state index in [0.717, 1.165) is 6.21 Å². The molecule has 12 heavy (non-hydrogen) atoms. The number of carbonyl (C=O) groups is 1. The average Bonchev–Trinajstić information content (AvgIpc) is 1.97. The summed E-state index contributed by atoms with van der Waals surface area (Å²) in [7, 11) is 1.52. The number of amidine groups is 1. The van der Waals surface area contributed by atoms with Gasteiger partial charge in [0.15, 0.2) is 0 Å². The summed E-state index contributed by atoms with van der Waals surface area (Å²) < 4.78 is 0. The average molecular weight is 169 g/mol. The maximum Gasteiger partial charge on any atom is 0.262 e. The predicted octanol–water partition coefficient (Wildman–Crippen LogP) is 0.827. The molecule has 0 atom stereocenters. The molecule has 0 aliphatic rings. The van der Waals surface area contributed by atoms with Gasteiger partial charge in [0.2, 0.25) is 0 Å². The second-order valence-electron chi connectivity index (χ2n) is 3.47. The zero-order valence-corrected chi connectivity index (χ0v) is 7.93. The van der Waals surface area contributed by atoms with E-state index in [1.54, 1.807) is 0 Å². The molecule has 0 aromatic heterocycles. The lowest BCUT2D eigenvalue weighted by Gasteiger charge is -2.14. The van der Waals surface area contributed by atoms with Gasteiger partial charge in [0.05, 0.1) is 6.21 Å². The second-order valence-corrected chi connectivity index (χ2v) is 3.47. The third-order valence-electron chi connectivity index (χ3n) is 1.27. The number of rotatable bonds is 1. The monoisotopic (exact) mass is 169 g/mol. The lowest BCUT2D eigenvalue weighted by molar-refractivity contribution is -0.113. The van der Waals surface area contributed by atoms with Crippen molar-refractivity contribution in [3.8, 4) is 0 Å². The smallest absolute Gasteiger partial charge is 0.262 e. The maximum atomic E-state index is 10.7. The first-order valence-electron chi connectivity index (χ1n) is 3.72. The van der Waals surface area contributed by atoms with E-state index < -0.39 is 0 Å². The number of nitrogens with zero attached hydrogens (tertiary/aromatic N) is 1. The van der Waals surface area contributed by atoms with Gasteiger partial charge in [0.1, 0.15) is 5.84 Å². The van der Waals surface area contributed by atoms with Crippen LogP contribution in [0.25, 0.3) is 0 Å². The number of aliphatic imine (C=N–C) groups is 1. The fraction of sp³-hybridized carbons (Fsp3) is 0.625. The highest BCUT2D eigenvalue weighted by Crippen LogP contribution is 2.14. The molecule has 1 amide bonds. The highest BCUT2D eigenvalue weighted by Gasteiger charge is 2.15. The van der Waals surface area contributed by atoms with Gasteiger partial charge in [-0.3, -0.25) is 10.2 Å². The zero-order valence-electron chi connectivity index (χ0n) is 7.93. The highest BCUT2D eigenvalue weighted by atomic mass is 16.1. The first kappa shape index (κ1) is 10.8. The summed E-state index contributed by atoms with van der Waals surface area (Å²) in [5.41, 5.74) is -0.301. The minimum absolute atomic E-state index is 0.200. The molecule has 2 N–H and O–H groups in total. The number of carbonyl (C=O) groups excluding carboxylic acids is 1.